The number of carbonyl (C=O) groups is 2. The first-order valence-corrected chi connectivity index (χ1v) is 13.2. The molecule has 1 unspecified atom stereocenters. The molecule has 1 atom stereocenters. The first-order valence-electron chi connectivity index (χ1n) is 13.2. The summed E-state index contributed by atoms with van der Waals surface area (Å²) in [7, 11) is 1.38. The Bertz CT molecular complexity index is 1560. The number of allylic oxidation sites excluding steroid dienone is 3. The third kappa shape index (κ3) is 5.60. The van der Waals surface area contributed by atoms with E-state index in [-0.39, 0.29) is 17.9 Å². The van der Waals surface area contributed by atoms with Crippen molar-refractivity contribution in [1.29, 1.82) is 0 Å². The predicted molar refractivity (Wildman–Crippen MR) is 153 cm³/mol. The molecule has 0 fully saturated rings. The Morgan fingerprint density at radius 1 is 1.00 bits per heavy atom. The Balaban J connectivity index is 0.000000257. The van der Waals surface area contributed by atoms with Crippen LogP contribution in [0.1, 0.15) is 55.1 Å². The summed E-state index contributed by atoms with van der Waals surface area (Å²) >= 11 is 0. The van der Waals surface area contributed by atoms with E-state index in [0.29, 0.717) is 12.0 Å². The van der Waals surface area contributed by atoms with Crippen LogP contribution >= 0.6 is 0 Å². The van der Waals surface area contributed by atoms with E-state index >= 15 is 0 Å². The second-order valence-corrected chi connectivity index (χ2v) is 10.8. The van der Waals surface area contributed by atoms with E-state index in [1.807, 2.05) is 63.4 Å². The molecule has 0 spiro atoms. The molecule has 0 amide bonds. The summed E-state index contributed by atoms with van der Waals surface area (Å²) in [5.74, 6) is -0.779. The largest absolute Gasteiger partial charge is 0.465 e. The van der Waals surface area contributed by atoms with Gasteiger partial charge < -0.3 is 9.47 Å². The molecular formula is C33H32N2O4. The van der Waals surface area contributed by atoms with Crippen LogP contribution in [0, 0.1) is 5.92 Å². The lowest BCUT2D eigenvalue weighted by Gasteiger charge is -2.33. The minimum Gasteiger partial charge on any atom is -0.465 e. The fourth-order valence-corrected chi connectivity index (χ4v) is 5.26. The van der Waals surface area contributed by atoms with Crippen LogP contribution in [0.25, 0.3) is 27.2 Å². The molecule has 0 N–H and O–H groups in total. The molecule has 0 radical (unpaired) electrons. The van der Waals surface area contributed by atoms with Gasteiger partial charge in [0.15, 0.2) is 0 Å². The van der Waals surface area contributed by atoms with Crippen molar-refractivity contribution in [2.45, 2.75) is 45.6 Å². The van der Waals surface area contributed by atoms with Gasteiger partial charge in [0.05, 0.1) is 24.1 Å². The van der Waals surface area contributed by atoms with Crippen molar-refractivity contribution >= 4 is 39.2 Å². The molecule has 0 saturated heterocycles. The quantitative estimate of drug-likeness (QED) is 0.268. The minimum atomic E-state index is -0.517. The van der Waals surface area contributed by atoms with Gasteiger partial charge >= 0.3 is 11.9 Å². The molecule has 6 nitrogen and oxygen atoms in total. The van der Waals surface area contributed by atoms with E-state index in [0.717, 1.165) is 45.7 Å². The second kappa shape index (κ2) is 10.8. The average Bonchev–Trinajstić information content (AvgIpc) is 2.95. The summed E-state index contributed by atoms with van der Waals surface area (Å²) in [6.07, 6.45) is 12.1. The van der Waals surface area contributed by atoms with Crippen LogP contribution in [-0.2, 0) is 20.7 Å². The molecule has 0 aliphatic heterocycles. The van der Waals surface area contributed by atoms with Gasteiger partial charge in [-0.1, -0.05) is 30.4 Å². The Kier molecular flexibility index (Phi) is 7.29. The summed E-state index contributed by atoms with van der Waals surface area (Å²) in [6, 6.07) is 15.6. The van der Waals surface area contributed by atoms with E-state index in [1.165, 1.54) is 18.2 Å². The monoisotopic (exact) mass is 520 g/mol. The Morgan fingerprint density at radius 3 is 2.62 bits per heavy atom. The number of rotatable bonds is 2. The Hall–Kier alpha value is -4.32. The SMILES string of the molecule is COC(=O)c1ccc2c3c(ccc2c1)C1=C(CCC=C1)C(C(=O)OC(C)(C)C)C3.c1cnc2ccncc2c1. The molecule has 2 heterocycles. The highest BCUT2D eigenvalue weighted by Crippen LogP contribution is 2.43. The highest BCUT2D eigenvalue weighted by Gasteiger charge is 2.35. The van der Waals surface area contributed by atoms with Gasteiger partial charge in [-0.2, -0.15) is 0 Å². The lowest BCUT2D eigenvalue weighted by atomic mass is 9.73. The molecule has 6 rings (SSSR count). The highest BCUT2D eigenvalue weighted by molar-refractivity contribution is 6.00. The predicted octanol–water partition coefficient (Wildman–Crippen LogP) is 6.87. The summed E-state index contributed by atoms with van der Waals surface area (Å²) in [6.45, 7) is 5.71. The fourth-order valence-electron chi connectivity index (χ4n) is 5.26. The van der Waals surface area contributed by atoms with Crippen molar-refractivity contribution in [3.63, 3.8) is 0 Å². The maximum atomic E-state index is 13.1. The van der Waals surface area contributed by atoms with Crippen LogP contribution in [0.5, 0.6) is 0 Å². The van der Waals surface area contributed by atoms with Crippen LogP contribution in [-0.4, -0.2) is 34.6 Å². The number of pyridine rings is 2. The first-order chi connectivity index (χ1) is 18.7. The number of ether oxygens (including phenoxy) is 2. The minimum absolute atomic E-state index is 0.158. The molecule has 39 heavy (non-hydrogen) atoms. The number of fused-ring (bicyclic) bond motifs is 5. The van der Waals surface area contributed by atoms with E-state index in [2.05, 4.69) is 28.2 Å². The maximum absolute atomic E-state index is 13.1. The number of esters is 2. The standard InChI is InChI=1S/C25H26O4.C8H6N2/c1-25(2,3)29-24(27)22-14-21-17-11-10-16(23(26)28-4)13-15(17)9-12-20(21)18-7-5-6-8-19(18)22;1-2-7-6-9-5-3-8(7)10-4-1/h5,7,9-13,22H,6,8,14H2,1-4H3;1-6H. The lowest BCUT2D eigenvalue weighted by molar-refractivity contribution is -0.158. The number of methoxy groups -OCH3 is 1. The zero-order valence-electron chi connectivity index (χ0n) is 22.7. The van der Waals surface area contributed by atoms with Gasteiger partial charge in [-0.15, -0.1) is 0 Å². The molecule has 198 valence electrons. The zero-order valence-corrected chi connectivity index (χ0v) is 22.7. The molecule has 2 aromatic heterocycles. The van der Waals surface area contributed by atoms with Gasteiger partial charge in [0.25, 0.3) is 0 Å². The average molecular weight is 521 g/mol. The number of benzene rings is 2. The van der Waals surface area contributed by atoms with Crippen molar-refractivity contribution in [2.75, 3.05) is 7.11 Å². The molecule has 2 aromatic carbocycles. The van der Waals surface area contributed by atoms with Crippen molar-refractivity contribution in [1.82, 2.24) is 9.97 Å². The normalized spacial score (nSPS) is 16.2. The van der Waals surface area contributed by atoms with Gasteiger partial charge in [-0.3, -0.25) is 14.8 Å². The van der Waals surface area contributed by atoms with Crippen molar-refractivity contribution in [3.8, 4) is 0 Å². The van der Waals surface area contributed by atoms with Gasteiger partial charge in [0.1, 0.15) is 5.60 Å². The highest BCUT2D eigenvalue weighted by atomic mass is 16.6. The van der Waals surface area contributed by atoms with Gasteiger partial charge in [-0.05, 0) is 103 Å². The van der Waals surface area contributed by atoms with Crippen molar-refractivity contribution in [3.05, 3.63) is 102 Å². The van der Waals surface area contributed by atoms with Crippen LogP contribution in [0.3, 0.4) is 0 Å². The zero-order chi connectivity index (χ0) is 27.6. The van der Waals surface area contributed by atoms with E-state index in [1.54, 1.807) is 18.5 Å². The molecule has 0 saturated carbocycles. The fraction of sp³-hybridized carbons (Fsp3) is 0.273. The number of nitrogens with zero attached hydrogens (tertiary/aromatic N) is 2. The lowest BCUT2D eigenvalue weighted by Crippen LogP contribution is -2.33. The Labute approximate surface area is 228 Å². The van der Waals surface area contributed by atoms with Crippen LogP contribution < -0.4 is 0 Å². The first kappa shape index (κ1) is 26.3. The molecule has 2 aliphatic rings. The maximum Gasteiger partial charge on any atom is 0.337 e. The van der Waals surface area contributed by atoms with Crippen molar-refractivity contribution < 1.29 is 19.1 Å². The van der Waals surface area contributed by atoms with Crippen molar-refractivity contribution in [2.24, 2.45) is 5.92 Å². The molecule has 4 aromatic rings. The second-order valence-electron chi connectivity index (χ2n) is 10.8. The molecular weight excluding hydrogens is 488 g/mol. The number of carbonyl (C=O) groups excluding carboxylic acids is 2. The van der Waals surface area contributed by atoms with E-state index in [4.69, 9.17) is 9.47 Å². The third-order valence-electron chi connectivity index (χ3n) is 6.98. The van der Waals surface area contributed by atoms with Gasteiger partial charge in [0.2, 0.25) is 0 Å². The Morgan fingerprint density at radius 2 is 1.85 bits per heavy atom. The number of hydrogen-bond acceptors (Lipinski definition) is 6. The smallest absolute Gasteiger partial charge is 0.337 e. The number of aromatic nitrogens is 2. The van der Waals surface area contributed by atoms with E-state index < -0.39 is 5.60 Å². The summed E-state index contributed by atoms with van der Waals surface area (Å²) in [5, 5.41) is 3.12. The van der Waals surface area contributed by atoms with Gasteiger partial charge in [0, 0.05) is 24.0 Å². The summed E-state index contributed by atoms with van der Waals surface area (Å²) in [5.41, 5.74) is 5.65. The molecule has 6 heteroatoms. The summed E-state index contributed by atoms with van der Waals surface area (Å²) < 4.78 is 10.6. The summed E-state index contributed by atoms with van der Waals surface area (Å²) in [4.78, 5) is 33.1. The van der Waals surface area contributed by atoms with Crippen LogP contribution in [0.2, 0.25) is 0 Å². The van der Waals surface area contributed by atoms with E-state index in [9.17, 15) is 9.59 Å². The van der Waals surface area contributed by atoms with Crippen LogP contribution in [0.4, 0.5) is 0 Å². The van der Waals surface area contributed by atoms with Gasteiger partial charge in [-0.25, -0.2) is 4.79 Å². The molecule has 2 aliphatic carbocycles. The topological polar surface area (TPSA) is 78.4 Å². The van der Waals surface area contributed by atoms with Crippen LogP contribution in [0.15, 0.2) is 84.8 Å². The third-order valence-corrected chi connectivity index (χ3v) is 6.98. The molecule has 0 bridgehead atoms. The number of hydrogen-bond donors (Lipinski definition) is 0.